The highest BCUT2D eigenvalue weighted by Crippen LogP contribution is 2.24. The maximum absolute atomic E-state index is 11.1. The Morgan fingerprint density at radius 3 is 2.40 bits per heavy atom. The van der Waals surface area contributed by atoms with Crippen LogP contribution in [0.25, 0.3) is 10.8 Å². The molecular formula is C12H12NO2-. The van der Waals surface area contributed by atoms with Crippen molar-refractivity contribution >= 4 is 16.5 Å². The second-order valence-electron chi connectivity index (χ2n) is 3.39. The summed E-state index contributed by atoms with van der Waals surface area (Å²) in [5.41, 5.74) is 0.660. The molecule has 0 atom stereocenters. The lowest BCUT2D eigenvalue weighted by Crippen LogP contribution is -2.05. The summed E-state index contributed by atoms with van der Waals surface area (Å²) in [5, 5.41) is 14.1. The van der Waals surface area contributed by atoms with E-state index in [9.17, 15) is 5.21 Å². The molecule has 0 saturated heterocycles. The third-order valence-electron chi connectivity index (χ3n) is 2.39. The van der Waals surface area contributed by atoms with Gasteiger partial charge in [0.2, 0.25) is 0 Å². The third-order valence-corrected chi connectivity index (χ3v) is 2.39. The van der Waals surface area contributed by atoms with Crippen molar-refractivity contribution in [3.05, 3.63) is 41.6 Å². The van der Waals surface area contributed by atoms with Crippen molar-refractivity contribution in [3.8, 4) is 5.75 Å². The van der Waals surface area contributed by atoms with Crippen LogP contribution in [0.2, 0.25) is 0 Å². The van der Waals surface area contributed by atoms with E-state index in [2.05, 4.69) is 0 Å². The van der Waals surface area contributed by atoms with E-state index in [-0.39, 0.29) is 0 Å². The normalized spacial score (nSPS) is 10.3. The summed E-state index contributed by atoms with van der Waals surface area (Å²) >= 11 is 0. The van der Waals surface area contributed by atoms with Gasteiger partial charge in [-0.2, -0.15) is 0 Å². The summed E-state index contributed by atoms with van der Waals surface area (Å²) < 4.78 is 5.13. The maximum Gasteiger partial charge on any atom is 0.119 e. The molecule has 3 nitrogen and oxygen atoms in total. The van der Waals surface area contributed by atoms with Crippen molar-refractivity contribution in [2.75, 3.05) is 19.2 Å². The summed E-state index contributed by atoms with van der Waals surface area (Å²) in [5.74, 6) is 0.825. The molecule has 0 fully saturated rings. The third kappa shape index (κ3) is 1.87. The molecule has 0 aliphatic rings. The summed E-state index contributed by atoms with van der Waals surface area (Å²) in [6.07, 6.45) is 0. The number of rotatable bonds is 2. The largest absolute Gasteiger partial charge is 0.758 e. The molecule has 0 aliphatic heterocycles. The van der Waals surface area contributed by atoms with Gasteiger partial charge in [0.25, 0.3) is 0 Å². The fourth-order valence-electron chi connectivity index (χ4n) is 1.53. The van der Waals surface area contributed by atoms with E-state index < -0.39 is 0 Å². The Labute approximate surface area is 88.5 Å². The van der Waals surface area contributed by atoms with Crippen LogP contribution in [0.15, 0.2) is 36.4 Å². The van der Waals surface area contributed by atoms with Crippen LogP contribution in [0, 0.1) is 5.21 Å². The van der Waals surface area contributed by atoms with E-state index >= 15 is 0 Å². The van der Waals surface area contributed by atoms with Crippen LogP contribution in [-0.2, 0) is 0 Å². The Balaban J connectivity index is 2.55. The Bertz CT molecular complexity index is 480. The van der Waals surface area contributed by atoms with Gasteiger partial charge in [0.1, 0.15) is 5.75 Å². The van der Waals surface area contributed by atoms with Crippen LogP contribution < -0.4 is 9.80 Å². The first-order valence-electron chi connectivity index (χ1n) is 4.69. The smallest absolute Gasteiger partial charge is 0.119 e. The van der Waals surface area contributed by atoms with Gasteiger partial charge in [0, 0.05) is 5.69 Å². The summed E-state index contributed by atoms with van der Waals surface area (Å²) in [6.45, 7) is 0. The zero-order valence-corrected chi connectivity index (χ0v) is 8.73. The molecular weight excluding hydrogens is 190 g/mol. The van der Waals surface area contributed by atoms with E-state index in [1.807, 2.05) is 30.3 Å². The number of ether oxygens (including phenoxy) is 1. The number of benzene rings is 2. The minimum atomic E-state index is 0.660. The molecule has 2 aromatic rings. The lowest BCUT2D eigenvalue weighted by Gasteiger charge is -2.24. The molecule has 2 aromatic carbocycles. The standard InChI is InChI=1S/C12H12NO2/c1-13(14)11-5-3-10-8-12(15-2)6-4-9(10)7-11/h3-8H,1-2H3/q-1. The molecule has 0 bridgehead atoms. The molecule has 0 heterocycles. The molecule has 15 heavy (non-hydrogen) atoms. The Morgan fingerprint density at radius 2 is 1.73 bits per heavy atom. The molecule has 0 saturated carbocycles. The van der Waals surface area contributed by atoms with Gasteiger partial charge in [-0.3, -0.25) is 0 Å². The van der Waals surface area contributed by atoms with Crippen molar-refractivity contribution in [2.45, 2.75) is 0 Å². The van der Waals surface area contributed by atoms with Gasteiger partial charge >= 0.3 is 0 Å². The first-order chi connectivity index (χ1) is 7.20. The first kappa shape index (κ1) is 9.80. The molecule has 78 valence electrons. The SMILES string of the molecule is COc1ccc2cc(N(C)[O-])ccc2c1. The van der Waals surface area contributed by atoms with E-state index in [1.54, 1.807) is 13.2 Å². The summed E-state index contributed by atoms with van der Waals surface area (Å²) in [6, 6.07) is 11.4. The van der Waals surface area contributed by atoms with Crippen LogP contribution in [0.3, 0.4) is 0 Å². The highest BCUT2D eigenvalue weighted by molar-refractivity contribution is 5.87. The maximum atomic E-state index is 11.1. The van der Waals surface area contributed by atoms with E-state index in [0.717, 1.165) is 21.6 Å². The predicted octanol–water partition coefficient (Wildman–Crippen LogP) is 2.78. The van der Waals surface area contributed by atoms with Crippen molar-refractivity contribution in [1.82, 2.24) is 0 Å². The van der Waals surface area contributed by atoms with Gasteiger partial charge in [-0.1, -0.05) is 12.1 Å². The number of methoxy groups -OCH3 is 1. The van der Waals surface area contributed by atoms with E-state index in [0.29, 0.717) is 5.69 Å². The van der Waals surface area contributed by atoms with Crippen LogP contribution in [0.5, 0.6) is 5.75 Å². The number of nitrogens with zero attached hydrogens (tertiary/aromatic N) is 1. The monoisotopic (exact) mass is 202 g/mol. The number of hydrogen-bond donors (Lipinski definition) is 0. The molecule has 0 aliphatic carbocycles. The highest BCUT2D eigenvalue weighted by Gasteiger charge is 1.98. The zero-order chi connectivity index (χ0) is 10.8. The average Bonchev–Trinajstić information content (AvgIpc) is 2.27. The molecule has 0 N–H and O–H groups in total. The number of hydrogen-bond acceptors (Lipinski definition) is 3. The first-order valence-corrected chi connectivity index (χ1v) is 4.69. The Kier molecular flexibility index (Phi) is 2.47. The molecule has 0 spiro atoms. The second kappa shape index (κ2) is 3.79. The molecule has 2 rings (SSSR count). The number of fused-ring (bicyclic) bond motifs is 1. The van der Waals surface area contributed by atoms with Crippen molar-refractivity contribution in [1.29, 1.82) is 0 Å². The predicted molar refractivity (Wildman–Crippen MR) is 62.3 cm³/mol. The van der Waals surface area contributed by atoms with Crippen LogP contribution in [-0.4, -0.2) is 14.2 Å². The fraction of sp³-hybridized carbons (Fsp3) is 0.167. The van der Waals surface area contributed by atoms with Crippen molar-refractivity contribution in [2.24, 2.45) is 0 Å². The van der Waals surface area contributed by atoms with Gasteiger partial charge in [0.05, 0.1) is 7.11 Å². The van der Waals surface area contributed by atoms with E-state index in [4.69, 9.17) is 4.74 Å². The van der Waals surface area contributed by atoms with Gasteiger partial charge in [-0.15, -0.1) is 0 Å². The van der Waals surface area contributed by atoms with Crippen molar-refractivity contribution < 1.29 is 4.74 Å². The van der Waals surface area contributed by atoms with Crippen LogP contribution >= 0.6 is 0 Å². The fourth-order valence-corrected chi connectivity index (χ4v) is 1.53. The quantitative estimate of drug-likeness (QED) is 0.702. The van der Waals surface area contributed by atoms with Gasteiger partial charge in [-0.25, -0.2) is 0 Å². The Hall–Kier alpha value is -1.74. The topological polar surface area (TPSA) is 35.5 Å². The lowest BCUT2D eigenvalue weighted by atomic mass is 10.1. The average molecular weight is 202 g/mol. The summed E-state index contributed by atoms with van der Waals surface area (Å²) in [4.78, 5) is 0. The lowest BCUT2D eigenvalue weighted by molar-refractivity contribution is 0.415. The highest BCUT2D eigenvalue weighted by atomic mass is 16.5. The van der Waals surface area contributed by atoms with Crippen LogP contribution in [0.1, 0.15) is 0 Å². The second-order valence-corrected chi connectivity index (χ2v) is 3.39. The van der Waals surface area contributed by atoms with Gasteiger partial charge in [0.15, 0.2) is 0 Å². The van der Waals surface area contributed by atoms with E-state index in [1.165, 1.54) is 7.05 Å². The van der Waals surface area contributed by atoms with Gasteiger partial charge in [-0.05, 0) is 42.1 Å². The molecule has 0 aromatic heterocycles. The Morgan fingerprint density at radius 1 is 1.07 bits per heavy atom. The zero-order valence-electron chi connectivity index (χ0n) is 8.73. The summed E-state index contributed by atoms with van der Waals surface area (Å²) in [7, 11) is 3.13. The molecule has 0 radical (unpaired) electrons. The number of hydroxylamine groups is 1. The minimum absolute atomic E-state index is 0.660. The number of anilines is 1. The van der Waals surface area contributed by atoms with Crippen LogP contribution in [0.4, 0.5) is 5.69 Å². The minimum Gasteiger partial charge on any atom is -0.758 e. The molecule has 3 heteroatoms. The molecule has 0 unspecified atom stereocenters. The van der Waals surface area contributed by atoms with Gasteiger partial charge < -0.3 is 15.0 Å². The molecule has 0 amide bonds. The van der Waals surface area contributed by atoms with Crippen molar-refractivity contribution in [3.63, 3.8) is 0 Å².